The predicted octanol–water partition coefficient (Wildman–Crippen LogP) is 5.87. The number of aromatic nitrogens is 3. The highest BCUT2D eigenvalue weighted by Gasteiger charge is 2.12. The molecule has 0 amide bonds. The Morgan fingerprint density at radius 3 is 2.83 bits per heavy atom. The van der Waals surface area contributed by atoms with Crippen molar-refractivity contribution in [3.8, 4) is 5.75 Å². The van der Waals surface area contributed by atoms with Crippen molar-refractivity contribution in [1.29, 1.82) is 0 Å². The van der Waals surface area contributed by atoms with Crippen LogP contribution in [-0.4, -0.2) is 20.9 Å². The Morgan fingerprint density at radius 2 is 2.07 bits per heavy atom. The first-order chi connectivity index (χ1) is 14.0. The van der Waals surface area contributed by atoms with E-state index in [9.17, 15) is 4.39 Å². The number of aryl methyl sites for hydroxylation is 1. The number of rotatable bonds is 6. The molecule has 2 heterocycles. The summed E-state index contributed by atoms with van der Waals surface area (Å²) in [5, 5.41) is 8.19. The molecule has 2 aromatic carbocycles. The summed E-state index contributed by atoms with van der Waals surface area (Å²) < 4.78 is 20.8. The number of nitrogens with zero attached hydrogens (tertiary/aromatic N) is 3. The summed E-state index contributed by atoms with van der Waals surface area (Å²) >= 11 is 8.03. The van der Waals surface area contributed by atoms with Gasteiger partial charge in [0.05, 0.1) is 5.02 Å². The zero-order chi connectivity index (χ0) is 20.4. The van der Waals surface area contributed by atoms with E-state index in [0.29, 0.717) is 22.4 Å². The van der Waals surface area contributed by atoms with Crippen molar-refractivity contribution in [1.82, 2.24) is 14.6 Å². The number of fused-ring (bicyclic) bond motifs is 1. The van der Waals surface area contributed by atoms with Crippen LogP contribution in [0.2, 0.25) is 5.02 Å². The second kappa shape index (κ2) is 8.31. The number of ether oxygens (including phenoxy) is 1. The van der Waals surface area contributed by atoms with Gasteiger partial charge < -0.3 is 10.1 Å². The van der Waals surface area contributed by atoms with Crippen molar-refractivity contribution in [3.63, 3.8) is 0 Å². The van der Waals surface area contributed by atoms with Gasteiger partial charge >= 0.3 is 0 Å². The minimum atomic E-state index is -0.293. The molecule has 0 spiro atoms. The standard InChI is InChI=1S/C21H18ClFN4OS/c1-13-24-21(20-19(29-2)8-9-27(20)26-13)25-16-6-7-18(17(22)11-16)28-12-14-4-3-5-15(23)10-14/h3-11H,12H2,1-2H3,(H,24,25,26). The average Bonchev–Trinajstić information content (AvgIpc) is 3.10. The molecule has 0 fully saturated rings. The minimum absolute atomic E-state index is 0.233. The van der Waals surface area contributed by atoms with Crippen LogP contribution >= 0.6 is 23.4 Å². The van der Waals surface area contributed by atoms with Crippen molar-refractivity contribution >= 4 is 40.4 Å². The molecule has 0 aliphatic rings. The molecule has 148 valence electrons. The third-order valence-electron chi connectivity index (χ3n) is 4.28. The molecule has 0 bridgehead atoms. The van der Waals surface area contributed by atoms with Crippen LogP contribution in [0.3, 0.4) is 0 Å². The van der Waals surface area contributed by atoms with Gasteiger partial charge in [-0.05, 0) is 55.1 Å². The molecule has 5 nitrogen and oxygen atoms in total. The van der Waals surface area contributed by atoms with Gasteiger partial charge in [-0.2, -0.15) is 5.10 Å². The Hall–Kier alpha value is -2.77. The van der Waals surface area contributed by atoms with Gasteiger partial charge in [-0.3, -0.25) is 0 Å². The number of anilines is 2. The monoisotopic (exact) mass is 428 g/mol. The molecule has 2 aromatic heterocycles. The molecule has 0 saturated heterocycles. The number of hydrogen-bond donors (Lipinski definition) is 1. The number of benzene rings is 2. The van der Waals surface area contributed by atoms with E-state index in [0.717, 1.165) is 21.7 Å². The molecule has 4 aromatic rings. The van der Waals surface area contributed by atoms with E-state index in [1.165, 1.54) is 12.1 Å². The highest BCUT2D eigenvalue weighted by Crippen LogP contribution is 2.32. The normalized spacial score (nSPS) is 11.0. The Balaban J connectivity index is 1.56. The highest BCUT2D eigenvalue weighted by molar-refractivity contribution is 7.98. The summed E-state index contributed by atoms with van der Waals surface area (Å²) in [7, 11) is 0. The zero-order valence-corrected chi connectivity index (χ0v) is 17.4. The Bertz CT molecular complexity index is 1180. The Labute approximate surface area is 176 Å². The summed E-state index contributed by atoms with van der Waals surface area (Å²) in [6.07, 6.45) is 3.93. The molecule has 0 unspecified atom stereocenters. The molecular formula is C21H18ClFN4OS. The first-order valence-corrected chi connectivity index (χ1v) is 10.5. The summed E-state index contributed by atoms with van der Waals surface area (Å²) in [6, 6.07) is 13.7. The second-order valence-electron chi connectivity index (χ2n) is 6.37. The van der Waals surface area contributed by atoms with Crippen LogP contribution in [0.25, 0.3) is 5.52 Å². The lowest BCUT2D eigenvalue weighted by molar-refractivity contribution is 0.306. The average molecular weight is 429 g/mol. The van der Waals surface area contributed by atoms with Crippen LogP contribution in [0.4, 0.5) is 15.9 Å². The van der Waals surface area contributed by atoms with E-state index < -0.39 is 0 Å². The maximum Gasteiger partial charge on any atom is 0.159 e. The predicted molar refractivity (Wildman–Crippen MR) is 115 cm³/mol. The SMILES string of the molecule is CSc1ccn2nc(C)nc(Nc3ccc(OCc4cccc(F)c4)c(Cl)c3)c12. The fourth-order valence-corrected chi connectivity index (χ4v) is 3.79. The fourth-order valence-electron chi connectivity index (χ4n) is 2.98. The van der Waals surface area contributed by atoms with Gasteiger partial charge in [0.1, 0.15) is 29.5 Å². The Kier molecular flexibility index (Phi) is 5.60. The van der Waals surface area contributed by atoms with E-state index in [-0.39, 0.29) is 12.4 Å². The molecule has 0 aliphatic carbocycles. The van der Waals surface area contributed by atoms with E-state index in [4.69, 9.17) is 16.3 Å². The zero-order valence-electron chi connectivity index (χ0n) is 15.8. The van der Waals surface area contributed by atoms with E-state index in [1.807, 2.05) is 36.0 Å². The smallest absolute Gasteiger partial charge is 0.159 e. The largest absolute Gasteiger partial charge is 0.487 e. The van der Waals surface area contributed by atoms with Crippen LogP contribution in [0.1, 0.15) is 11.4 Å². The Morgan fingerprint density at radius 1 is 1.21 bits per heavy atom. The van der Waals surface area contributed by atoms with Crippen molar-refractivity contribution in [2.45, 2.75) is 18.4 Å². The van der Waals surface area contributed by atoms with Gasteiger partial charge in [-0.15, -0.1) is 11.8 Å². The summed E-state index contributed by atoms with van der Waals surface area (Å²) in [5.74, 6) is 1.59. The topological polar surface area (TPSA) is 51.5 Å². The minimum Gasteiger partial charge on any atom is -0.487 e. The van der Waals surface area contributed by atoms with Crippen molar-refractivity contribution in [2.75, 3.05) is 11.6 Å². The number of nitrogens with one attached hydrogen (secondary N) is 1. The molecule has 0 atom stereocenters. The lowest BCUT2D eigenvalue weighted by atomic mass is 10.2. The number of halogens is 2. The van der Waals surface area contributed by atoms with Gasteiger partial charge in [-0.25, -0.2) is 13.9 Å². The maximum atomic E-state index is 13.3. The van der Waals surface area contributed by atoms with Gasteiger partial charge in [0.25, 0.3) is 0 Å². The van der Waals surface area contributed by atoms with Crippen LogP contribution in [0.5, 0.6) is 5.75 Å². The lowest BCUT2D eigenvalue weighted by Gasteiger charge is -2.12. The van der Waals surface area contributed by atoms with Crippen LogP contribution < -0.4 is 10.1 Å². The highest BCUT2D eigenvalue weighted by atomic mass is 35.5. The van der Waals surface area contributed by atoms with E-state index >= 15 is 0 Å². The van der Waals surface area contributed by atoms with Gasteiger partial charge in [0.2, 0.25) is 0 Å². The quantitative estimate of drug-likeness (QED) is 0.389. The second-order valence-corrected chi connectivity index (χ2v) is 7.63. The van der Waals surface area contributed by atoms with Crippen LogP contribution in [-0.2, 0) is 6.61 Å². The van der Waals surface area contributed by atoms with Crippen molar-refractivity contribution in [2.24, 2.45) is 0 Å². The molecule has 0 radical (unpaired) electrons. The molecule has 1 N–H and O–H groups in total. The molecule has 0 saturated carbocycles. The number of hydrogen-bond acceptors (Lipinski definition) is 5. The molecule has 29 heavy (non-hydrogen) atoms. The van der Waals surface area contributed by atoms with Crippen LogP contribution in [0.15, 0.2) is 59.6 Å². The first-order valence-electron chi connectivity index (χ1n) is 8.87. The molecule has 0 aliphatic heterocycles. The summed E-state index contributed by atoms with van der Waals surface area (Å²) in [4.78, 5) is 5.62. The molecular weight excluding hydrogens is 411 g/mol. The first kappa shape index (κ1) is 19.5. The summed E-state index contributed by atoms with van der Waals surface area (Å²) in [6.45, 7) is 2.08. The lowest BCUT2D eigenvalue weighted by Crippen LogP contribution is -2.03. The molecule has 8 heteroatoms. The van der Waals surface area contributed by atoms with Gasteiger partial charge in [-0.1, -0.05) is 23.7 Å². The van der Waals surface area contributed by atoms with E-state index in [1.54, 1.807) is 36.0 Å². The fraction of sp³-hybridized carbons (Fsp3) is 0.143. The van der Waals surface area contributed by atoms with Gasteiger partial charge in [0, 0.05) is 16.8 Å². The molecule has 4 rings (SSSR count). The van der Waals surface area contributed by atoms with Crippen LogP contribution in [0, 0.1) is 12.7 Å². The van der Waals surface area contributed by atoms with Crippen molar-refractivity contribution < 1.29 is 9.13 Å². The van der Waals surface area contributed by atoms with Gasteiger partial charge in [0.15, 0.2) is 5.82 Å². The maximum absolute atomic E-state index is 13.3. The van der Waals surface area contributed by atoms with Crippen molar-refractivity contribution in [3.05, 3.63) is 77.0 Å². The summed E-state index contributed by atoms with van der Waals surface area (Å²) in [5.41, 5.74) is 2.42. The van der Waals surface area contributed by atoms with E-state index in [2.05, 4.69) is 15.4 Å². The third-order valence-corrected chi connectivity index (χ3v) is 5.34. The number of thioether (sulfide) groups is 1. The third kappa shape index (κ3) is 4.31.